The van der Waals surface area contributed by atoms with Gasteiger partial charge < -0.3 is 16.4 Å². The van der Waals surface area contributed by atoms with Crippen LogP contribution < -0.4 is 16.4 Å². The number of hydrogen-bond donors (Lipinski definition) is 3. The molecule has 9 heteroatoms. The van der Waals surface area contributed by atoms with Crippen LogP contribution in [0.15, 0.2) is 55.1 Å². The Balaban J connectivity index is 1.50. The van der Waals surface area contributed by atoms with Gasteiger partial charge in [0.25, 0.3) is 0 Å². The second-order valence-corrected chi connectivity index (χ2v) is 5.32. The summed E-state index contributed by atoms with van der Waals surface area (Å²) in [6, 6.07) is 9.18. The molecule has 2 aromatic heterocycles. The van der Waals surface area contributed by atoms with Gasteiger partial charge in [0.15, 0.2) is 0 Å². The molecule has 128 valence electrons. The fourth-order valence-electron chi connectivity index (χ4n) is 2.22. The van der Waals surface area contributed by atoms with Gasteiger partial charge in [0, 0.05) is 25.1 Å². The molecule has 0 fully saturated rings. The van der Waals surface area contributed by atoms with E-state index in [9.17, 15) is 9.59 Å². The summed E-state index contributed by atoms with van der Waals surface area (Å²) in [6.45, 7) is 0.340. The van der Waals surface area contributed by atoms with Crippen LogP contribution in [0.5, 0.6) is 0 Å². The first kappa shape index (κ1) is 16.2. The van der Waals surface area contributed by atoms with Crippen LogP contribution in [0.4, 0.5) is 10.5 Å². The Labute approximate surface area is 143 Å². The lowest BCUT2D eigenvalue weighted by molar-refractivity contribution is -0.118. The minimum atomic E-state index is -0.502. The van der Waals surface area contributed by atoms with Crippen molar-refractivity contribution in [2.75, 3.05) is 5.32 Å². The van der Waals surface area contributed by atoms with E-state index in [2.05, 4.69) is 20.8 Å². The van der Waals surface area contributed by atoms with E-state index >= 15 is 0 Å². The van der Waals surface area contributed by atoms with Gasteiger partial charge in [-0.2, -0.15) is 10.2 Å². The fourth-order valence-corrected chi connectivity index (χ4v) is 2.22. The van der Waals surface area contributed by atoms with Crippen molar-refractivity contribution < 1.29 is 9.59 Å². The van der Waals surface area contributed by atoms with Crippen molar-refractivity contribution >= 4 is 17.6 Å². The normalized spacial score (nSPS) is 10.4. The lowest BCUT2D eigenvalue weighted by Crippen LogP contribution is -2.28. The zero-order valence-corrected chi connectivity index (χ0v) is 13.3. The summed E-state index contributed by atoms with van der Waals surface area (Å²) < 4.78 is 3.11. The number of benzene rings is 1. The quantitative estimate of drug-likeness (QED) is 0.617. The number of nitrogens with zero attached hydrogens (tertiary/aromatic N) is 4. The summed E-state index contributed by atoms with van der Waals surface area (Å²) in [5.41, 5.74) is 7.46. The summed E-state index contributed by atoms with van der Waals surface area (Å²) in [5, 5.41) is 13.5. The highest BCUT2D eigenvalue weighted by atomic mass is 16.2. The number of nitrogens with two attached hydrogens (primary N) is 1. The van der Waals surface area contributed by atoms with Crippen molar-refractivity contribution in [3.05, 3.63) is 60.7 Å². The number of aromatic nitrogens is 4. The molecule has 9 nitrogen and oxygen atoms in total. The summed E-state index contributed by atoms with van der Waals surface area (Å²) in [4.78, 5) is 22.7. The molecule has 25 heavy (non-hydrogen) atoms. The molecule has 0 unspecified atom stereocenters. The molecule has 2 heterocycles. The third-order valence-corrected chi connectivity index (χ3v) is 3.37. The van der Waals surface area contributed by atoms with E-state index in [1.165, 1.54) is 17.1 Å². The molecule has 0 saturated heterocycles. The van der Waals surface area contributed by atoms with Crippen LogP contribution in [0.3, 0.4) is 0 Å². The topological polar surface area (TPSA) is 120 Å². The molecule has 3 amide bonds. The maximum absolute atomic E-state index is 11.9. The van der Waals surface area contributed by atoms with E-state index in [-0.39, 0.29) is 12.6 Å². The second kappa shape index (κ2) is 7.30. The molecule has 0 bridgehead atoms. The smallest absolute Gasteiger partial charge is 0.319 e. The minimum Gasteiger partial charge on any atom is -0.368 e. The number of rotatable bonds is 6. The largest absolute Gasteiger partial charge is 0.368 e. The van der Waals surface area contributed by atoms with Crippen LogP contribution in [0.25, 0.3) is 5.69 Å². The van der Waals surface area contributed by atoms with Gasteiger partial charge in [0.1, 0.15) is 6.54 Å². The highest BCUT2D eigenvalue weighted by Gasteiger charge is 2.06. The Morgan fingerprint density at radius 1 is 1.16 bits per heavy atom. The molecule has 3 aromatic rings. The monoisotopic (exact) mass is 339 g/mol. The molecule has 0 radical (unpaired) electrons. The predicted octanol–water partition coefficient (Wildman–Crippen LogP) is 0.876. The fraction of sp³-hybridized carbons (Fsp3) is 0.125. The van der Waals surface area contributed by atoms with Crippen LogP contribution >= 0.6 is 0 Å². The maximum Gasteiger partial charge on any atom is 0.319 e. The molecule has 0 saturated carbocycles. The van der Waals surface area contributed by atoms with E-state index in [0.717, 1.165) is 11.3 Å². The molecule has 4 N–H and O–H groups in total. The Kier molecular flexibility index (Phi) is 4.74. The standard InChI is InChI=1S/C16H17N7O2/c17-15(24)11-22-10-13(9-20-22)21-16(25)18-8-12-2-4-14(5-3-12)23-7-1-6-19-23/h1-7,9-10H,8,11H2,(H2,17,24)(H2,18,21,25). The Bertz CT molecular complexity index is 853. The average molecular weight is 339 g/mol. The highest BCUT2D eigenvalue weighted by molar-refractivity contribution is 5.88. The maximum atomic E-state index is 11.9. The van der Waals surface area contributed by atoms with Gasteiger partial charge in [-0.05, 0) is 23.8 Å². The average Bonchev–Trinajstić information content (AvgIpc) is 3.25. The van der Waals surface area contributed by atoms with Crippen molar-refractivity contribution in [2.45, 2.75) is 13.1 Å². The minimum absolute atomic E-state index is 0.0358. The van der Waals surface area contributed by atoms with Crippen molar-refractivity contribution in [1.29, 1.82) is 0 Å². The first-order valence-corrected chi connectivity index (χ1v) is 7.55. The van der Waals surface area contributed by atoms with Crippen molar-refractivity contribution in [3.63, 3.8) is 0 Å². The molecule has 0 aliphatic carbocycles. The highest BCUT2D eigenvalue weighted by Crippen LogP contribution is 2.09. The third-order valence-electron chi connectivity index (χ3n) is 3.37. The van der Waals surface area contributed by atoms with Crippen LogP contribution in [-0.2, 0) is 17.9 Å². The number of carbonyl (C=O) groups is 2. The molecule has 0 aliphatic heterocycles. The number of carbonyl (C=O) groups excluding carboxylic acids is 2. The van der Waals surface area contributed by atoms with Crippen molar-refractivity contribution in [1.82, 2.24) is 24.9 Å². The first-order valence-electron chi connectivity index (χ1n) is 7.55. The third kappa shape index (κ3) is 4.44. The van der Waals surface area contributed by atoms with Gasteiger partial charge >= 0.3 is 6.03 Å². The molecule has 1 aromatic carbocycles. The second-order valence-electron chi connectivity index (χ2n) is 5.32. The number of hydrogen-bond acceptors (Lipinski definition) is 4. The van der Waals surface area contributed by atoms with Gasteiger partial charge in [-0.1, -0.05) is 12.1 Å². The van der Waals surface area contributed by atoms with Gasteiger partial charge in [0.05, 0.1) is 17.6 Å². The first-order chi connectivity index (χ1) is 12.1. The number of urea groups is 1. The lowest BCUT2D eigenvalue weighted by atomic mass is 10.2. The van der Waals surface area contributed by atoms with E-state index in [1.807, 2.05) is 36.5 Å². The molecule has 0 atom stereocenters. The summed E-state index contributed by atoms with van der Waals surface area (Å²) in [5.74, 6) is -0.502. The van der Waals surface area contributed by atoms with Crippen LogP contribution in [-0.4, -0.2) is 31.5 Å². The zero-order valence-electron chi connectivity index (χ0n) is 13.3. The predicted molar refractivity (Wildman–Crippen MR) is 90.8 cm³/mol. The number of anilines is 1. The van der Waals surface area contributed by atoms with E-state index in [4.69, 9.17) is 5.73 Å². The molecule has 0 spiro atoms. The van der Waals surface area contributed by atoms with Gasteiger partial charge in [-0.25, -0.2) is 9.48 Å². The number of nitrogens with one attached hydrogen (secondary N) is 2. The Morgan fingerprint density at radius 3 is 2.64 bits per heavy atom. The van der Waals surface area contributed by atoms with Crippen LogP contribution in [0.1, 0.15) is 5.56 Å². The van der Waals surface area contributed by atoms with E-state index < -0.39 is 5.91 Å². The summed E-state index contributed by atoms with van der Waals surface area (Å²) >= 11 is 0. The van der Waals surface area contributed by atoms with Crippen molar-refractivity contribution in [3.8, 4) is 5.69 Å². The number of amides is 3. The van der Waals surface area contributed by atoms with Gasteiger partial charge in [-0.3, -0.25) is 9.48 Å². The van der Waals surface area contributed by atoms with Gasteiger partial charge in [0.2, 0.25) is 5.91 Å². The van der Waals surface area contributed by atoms with Crippen LogP contribution in [0.2, 0.25) is 0 Å². The number of primary amides is 1. The molecular weight excluding hydrogens is 322 g/mol. The molecular formula is C16H17N7O2. The summed E-state index contributed by atoms with van der Waals surface area (Å²) in [7, 11) is 0. The molecule has 3 rings (SSSR count). The SMILES string of the molecule is NC(=O)Cn1cc(NC(=O)NCc2ccc(-n3cccn3)cc2)cn1. The Morgan fingerprint density at radius 2 is 1.96 bits per heavy atom. The van der Waals surface area contributed by atoms with Gasteiger partial charge in [-0.15, -0.1) is 0 Å². The van der Waals surface area contributed by atoms with E-state index in [0.29, 0.717) is 12.2 Å². The van der Waals surface area contributed by atoms with E-state index in [1.54, 1.807) is 10.9 Å². The summed E-state index contributed by atoms with van der Waals surface area (Å²) in [6.07, 6.45) is 6.55. The van der Waals surface area contributed by atoms with Crippen LogP contribution in [0, 0.1) is 0 Å². The zero-order chi connectivity index (χ0) is 17.6. The molecule has 0 aliphatic rings. The lowest BCUT2D eigenvalue weighted by Gasteiger charge is -2.07. The Hall–Kier alpha value is -3.62. The van der Waals surface area contributed by atoms with Crippen molar-refractivity contribution in [2.24, 2.45) is 5.73 Å².